The Morgan fingerprint density at radius 2 is 1.90 bits per heavy atom. The average molecular weight is 397 g/mol. The highest BCUT2D eigenvalue weighted by Crippen LogP contribution is 2.23. The maximum atomic E-state index is 14.0. The minimum Gasteiger partial charge on any atom is -0.872 e. The maximum Gasteiger partial charge on any atom is 0.241 e. The number of hydrogen-bond donors (Lipinski definition) is 4. The van der Waals surface area contributed by atoms with Gasteiger partial charge in [0.25, 0.3) is 0 Å². The van der Waals surface area contributed by atoms with Gasteiger partial charge in [-0.05, 0) is 30.3 Å². The standard InChI is InChI=1S/C19H19FN6O3/c1-21-17(28)11-26(29)14-6-2-4-12(8-14)24-19-22-10-16(20)18(25-19)23-13-5-3-7-15(27)9-13/h2-10,27,29H,11H2,1H3,(H,21,28)(H2,22,23,24,25)/p-1. The van der Waals surface area contributed by atoms with E-state index in [4.69, 9.17) is 0 Å². The highest BCUT2D eigenvalue weighted by atomic mass is 19.1. The van der Waals surface area contributed by atoms with Crippen LogP contribution in [-0.2, 0) is 4.79 Å². The van der Waals surface area contributed by atoms with Gasteiger partial charge in [-0.2, -0.15) is 4.98 Å². The van der Waals surface area contributed by atoms with Crippen molar-refractivity contribution in [2.24, 2.45) is 0 Å². The van der Waals surface area contributed by atoms with E-state index in [0.29, 0.717) is 17.1 Å². The van der Waals surface area contributed by atoms with Gasteiger partial charge in [0.1, 0.15) is 6.54 Å². The zero-order valence-electron chi connectivity index (χ0n) is 15.4. The molecule has 1 amide bonds. The second kappa shape index (κ2) is 8.85. The van der Waals surface area contributed by atoms with Crippen molar-refractivity contribution in [1.29, 1.82) is 0 Å². The van der Waals surface area contributed by atoms with Gasteiger partial charge in [0.2, 0.25) is 11.9 Å². The van der Waals surface area contributed by atoms with Crippen LogP contribution in [0.25, 0.3) is 0 Å². The number of aromatic nitrogens is 2. The number of amides is 1. The summed E-state index contributed by atoms with van der Waals surface area (Å²) >= 11 is 0. The summed E-state index contributed by atoms with van der Waals surface area (Å²) in [5.41, 5.74) is 1.28. The molecule has 0 spiro atoms. The molecule has 0 aliphatic carbocycles. The molecule has 0 fully saturated rings. The summed E-state index contributed by atoms with van der Waals surface area (Å²) in [6, 6.07) is 12.4. The predicted octanol–water partition coefficient (Wildman–Crippen LogP) is 2.12. The van der Waals surface area contributed by atoms with Crippen LogP contribution in [0.4, 0.5) is 33.2 Å². The number of rotatable bonds is 7. The van der Waals surface area contributed by atoms with Crippen molar-refractivity contribution in [1.82, 2.24) is 15.3 Å². The highest BCUT2D eigenvalue weighted by Gasteiger charge is 2.11. The minimum absolute atomic E-state index is 0.0973. The summed E-state index contributed by atoms with van der Waals surface area (Å²) < 4.78 is 14.0. The molecule has 0 saturated heterocycles. The molecule has 1 aromatic heterocycles. The Balaban J connectivity index is 1.77. The third-order valence-electron chi connectivity index (χ3n) is 3.81. The summed E-state index contributed by atoms with van der Waals surface area (Å²) in [5, 5.41) is 30.3. The highest BCUT2D eigenvalue weighted by molar-refractivity contribution is 5.80. The van der Waals surface area contributed by atoms with E-state index in [0.717, 1.165) is 11.3 Å². The van der Waals surface area contributed by atoms with Crippen molar-refractivity contribution in [3.63, 3.8) is 0 Å². The second-order valence-electron chi connectivity index (χ2n) is 5.95. The number of anilines is 5. The molecule has 0 bridgehead atoms. The molecule has 9 nitrogen and oxygen atoms in total. The van der Waals surface area contributed by atoms with Gasteiger partial charge in [-0.25, -0.2) is 14.4 Å². The molecule has 0 aliphatic heterocycles. The molecular formula is C19H18FN6O3-. The second-order valence-corrected chi connectivity index (χ2v) is 5.95. The summed E-state index contributed by atoms with van der Waals surface area (Å²) in [5.74, 6) is -1.27. The minimum atomic E-state index is -0.687. The van der Waals surface area contributed by atoms with Crippen LogP contribution in [0.5, 0.6) is 5.75 Å². The van der Waals surface area contributed by atoms with Crippen molar-refractivity contribution in [3.05, 3.63) is 60.5 Å². The first-order valence-electron chi connectivity index (χ1n) is 8.55. The van der Waals surface area contributed by atoms with Gasteiger partial charge >= 0.3 is 0 Å². The zero-order chi connectivity index (χ0) is 20.8. The molecule has 0 saturated carbocycles. The summed E-state index contributed by atoms with van der Waals surface area (Å²) in [4.78, 5) is 19.4. The molecule has 29 heavy (non-hydrogen) atoms. The fraction of sp³-hybridized carbons (Fsp3) is 0.105. The van der Waals surface area contributed by atoms with Gasteiger partial charge in [0.05, 0.1) is 11.9 Å². The first-order chi connectivity index (χ1) is 13.9. The lowest BCUT2D eigenvalue weighted by Crippen LogP contribution is -2.33. The topological polar surface area (TPSA) is 125 Å². The zero-order valence-corrected chi connectivity index (χ0v) is 15.4. The molecule has 3 aromatic rings. The summed E-state index contributed by atoms with van der Waals surface area (Å²) in [6.07, 6.45) is 0.993. The molecular weight excluding hydrogens is 379 g/mol. The maximum absolute atomic E-state index is 14.0. The van der Waals surface area contributed by atoms with Gasteiger partial charge in [-0.1, -0.05) is 18.2 Å². The van der Waals surface area contributed by atoms with Crippen molar-refractivity contribution >= 4 is 34.7 Å². The SMILES string of the molecule is CNC(=O)CN(O)c1cccc(Nc2ncc(F)c(Nc3cccc([O-])c3)n2)c1. The fourth-order valence-electron chi connectivity index (χ4n) is 2.41. The summed E-state index contributed by atoms with van der Waals surface area (Å²) in [7, 11) is 1.47. The quantitative estimate of drug-likeness (QED) is 0.447. The van der Waals surface area contributed by atoms with Gasteiger partial charge in [-0.3, -0.25) is 10.0 Å². The lowest BCUT2D eigenvalue weighted by molar-refractivity contribution is -0.268. The Morgan fingerprint density at radius 1 is 1.17 bits per heavy atom. The monoisotopic (exact) mass is 397 g/mol. The van der Waals surface area contributed by atoms with Crippen molar-refractivity contribution in [2.45, 2.75) is 0 Å². The van der Waals surface area contributed by atoms with Gasteiger partial charge in [0.15, 0.2) is 11.6 Å². The molecule has 1 heterocycles. The van der Waals surface area contributed by atoms with E-state index < -0.39 is 5.82 Å². The molecule has 4 N–H and O–H groups in total. The van der Waals surface area contributed by atoms with E-state index in [-0.39, 0.29) is 30.0 Å². The molecule has 0 aliphatic rings. The number of benzene rings is 2. The lowest BCUT2D eigenvalue weighted by atomic mass is 10.2. The van der Waals surface area contributed by atoms with E-state index >= 15 is 0 Å². The van der Waals surface area contributed by atoms with Crippen LogP contribution < -0.4 is 26.1 Å². The van der Waals surface area contributed by atoms with Gasteiger partial charge in [-0.15, -0.1) is 5.75 Å². The molecule has 3 rings (SSSR count). The van der Waals surface area contributed by atoms with Crippen molar-refractivity contribution < 1.29 is 19.5 Å². The third-order valence-corrected chi connectivity index (χ3v) is 3.81. The van der Waals surface area contributed by atoms with Crippen LogP contribution in [-0.4, -0.2) is 34.7 Å². The first-order valence-corrected chi connectivity index (χ1v) is 8.55. The smallest absolute Gasteiger partial charge is 0.241 e. The first kappa shape index (κ1) is 19.8. The Morgan fingerprint density at radius 3 is 2.62 bits per heavy atom. The van der Waals surface area contributed by atoms with Crippen molar-refractivity contribution in [3.8, 4) is 5.75 Å². The van der Waals surface area contributed by atoms with E-state index in [1.807, 2.05) is 0 Å². The third kappa shape index (κ3) is 5.30. The molecule has 150 valence electrons. The molecule has 0 unspecified atom stereocenters. The van der Waals surface area contributed by atoms with E-state index in [1.165, 1.54) is 19.2 Å². The van der Waals surface area contributed by atoms with Crippen LogP contribution in [0, 0.1) is 5.82 Å². The average Bonchev–Trinajstić information content (AvgIpc) is 2.70. The Kier molecular flexibility index (Phi) is 6.05. The lowest BCUT2D eigenvalue weighted by Gasteiger charge is -2.17. The van der Waals surface area contributed by atoms with Crippen LogP contribution >= 0.6 is 0 Å². The number of nitrogens with zero attached hydrogens (tertiary/aromatic N) is 3. The number of nitrogens with one attached hydrogen (secondary N) is 3. The number of carbonyl (C=O) groups excluding carboxylic acids is 1. The number of carbonyl (C=O) groups is 1. The van der Waals surface area contributed by atoms with E-state index in [1.54, 1.807) is 36.4 Å². The molecule has 10 heteroatoms. The van der Waals surface area contributed by atoms with Crippen LogP contribution in [0.1, 0.15) is 0 Å². The Labute approximate surface area is 165 Å². The van der Waals surface area contributed by atoms with Crippen molar-refractivity contribution in [2.75, 3.05) is 29.3 Å². The number of likely N-dealkylation sites (N-methyl/N-ethyl adjacent to an activating group) is 1. The molecule has 2 aromatic carbocycles. The van der Waals surface area contributed by atoms with Crippen LogP contribution in [0.3, 0.4) is 0 Å². The van der Waals surface area contributed by atoms with Crippen LogP contribution in [0.2, 0.25) is 0 Å². The summed E-state index contributed by atoms with van der Waals surface area (Å²) in [6.45, 7) is -0.236. The van der Waals surface area contributed by atoms with Gasteiger partial charge in [0, 0.05) is 18.4 Å². The normalized spacial score (nSPS) is 10.3. The van der Waals surface area contributed by atoms with Crippen LogP contribution in [0.15, 0.2) is 54.7 Å². The molecule has 0 radical (unpaired) electrons. The predicted molar refractivity (Wildman–Crippen MR) is 104 cm³/mol. The molecule has 0 atom stereocenters. The Bertz CT molecular complexity index is 1020. The van der Waals surface area contributed by atoms with E-state index in [2.05, 4.69) is 25.9 Å². The van der Waals surface area contributed by atoms with Gasteiger partial charge < -0.3 is 21.1 Å². The number of hydroxylamine groups is 1. The van der Waals surface area contributed by atoms with E-state index in [9.17, 15) is 19.5 Å². The largest absolute Gasteiger partial charge is 0.872 e. The Hall–Kier alpha value is -3.92. The number of hydrogen-bond acceptors (Lipinski definition) is 8. The number of halogens is 1. The fourth-order valence-corrected chi connectivity index (χ4v) is 2.41.